The average molecular weight is 284 g/mol. The van der Waals surface area contributed by atoms with E-state index in [9.17, 15) is 4.79 Å². The molecule has 19 heavy (non-hydrogen) atoms. The molecule has 104 valence electrons. The van der Waals surface area contributed by atoms with Crippen LogP contribution >= 0.6 is 11.6 Å². The number of benzene rings is 1. The zero-order valence-corrected chi connectivity index (χ0v) is 12.3. The Bertz CT molecular complexity index is 508. The molecule has 0 fully saturated rings. The fourth-order valence-electron chi connectivity index (χ4n) is 2.09. The molecule has 0 bridgehead atoms. The van der Waals surface area contributed by atoms with Crippen LogP contribution < -0.4 is 10.1 Å². The maximum atomic E-state index is 11.2. The van der Waals surface area contributed by atoms with Crippen molar-refractivity contribution in [2.75, 3.05) is 7.05 Å². The fraction of sp³-hybridized carbons (Fsp3) is 0.500. The van der Waals surface area contributed by atoms with Crippen LogP contribution in [0, 0.1) is 0 Å². The molecule has 1 aliphatic heterocycles. The molecule has 1 aliphatic rings. The highest BCUT2D eigenvalue weighted by molar-refractivity contribution is 6.30. The van der Waals surface area contributed by atoms with E-state index in [1.807, 2.05) is 12.1 Å². The van der Waals surface area contributed by atoms with Crippen LogP contribution in [0.15, 0.2) is 12.1 Å². The van der Waals surface area contributed by atoms with Crippen LogP contribution in [0.2, 0.25) is 5.02 Å². The van der Waals surface area contributed by atoms with E-state index in [4.69, 9.17) is 21.1 Å². The summed E-state index contributed by atoms with van der Waals surface area (Å²) in [6.07, 6.45) is -0.567. The molecule has 0 aromatic heterocycles. The number of nitrogens with one attached hydrogen (secondary N) is 1. The molecule has 4 nitrogen and oxygen atoms in total. The van der Waals surface area contributed by atoms with Gasteiger partial charge in [0.15, 0.2) is 0 Å². The van der Waals surface area contributed by atoms with E-state index in [1.54, 1.807) is 0 Å². The molecule has 0 radical (unpaired) electrons. The Morgan fingerprint density at radius 3 is 2.74 bits per heavy atom. The van der Waals surface area contributed by atoms with Crippen LogP contribution in [0.3, 0.4) is 0 Å². The van der Waals surface area contributed by atoms with Gasteiger partial charge < -0.3 is 14.8 Å². The second-order valence-corrected chi connectivity index (χ2v) is 6.03. The summed E-state index contributed by atoms with van der Waals surface area (Å²) < 4.78 is 10.9. The van der Waals surface area contributed by atoms with E-state index in [0.717, 1.165) is 16.9 Å². The van der Waals surface area contributed by atoms with Gasteiger partial charge in [-0.2, -0.15) is 0 Å². The zero-order valence-electron chi connectivity index (χ0n) is 11.5. The Hall–Kier alpha value is -1.42. The number of hydrogen-bond acceptors (Lipinski definition) is 3. The number of carbonyl (C=O) groups excluding carboxylic acids is 1. The number of fused-ring (bicyclic) bond motifs is 1. The quantitative estimate of drug-likeness (QED) is 0.860. The van der Waals surface area contributed by atoms with Crippen molar-refractivity contribution in [2.45, 2.75) is 38.9 Å². The summed E-state index contributed by atoms with van der Waals surface area (Å²) in [5, 5.41) is 3.08. The molecule has 1 unspecified atom stereocenters. The van der Waals surface area contributed by atoms with Gasteiger partial charge in [0, 0.05) is 23.2 Å². The summed E-state index contributed by atoms with van der Waals surface area (Å²) >= 11 is 6.14. The highest BCUT2D eigenvalue weighted by Crippen LogP contribution is 2.41. The van der Waals surface area contributed by atoms with Crippen molar-refractivity contribution in [3.8, 4) is 5.75 Å². The van der Waals surface area contributed by atoms with Crippen molar-refractivity contribution in [3.63, 3.8) is 0 Å². The molecule has 1 atom stereocenters. The second-order valence-electron chi connectivity index (χ2n) is 5.60. The third-order valence-electron chi connectivity index (χ3n) is 3.02. The molecule has 1 aromatic rings. The Morgan fingerprint density at radius 2 is 2.16 bits per heavy atom. The molecule has 0 saturated heterocycles. The fourth-order valence-corrected chi connectivity index (χ4v) is 2.34. The summed E-state index contributed by atoms with van der Waals surface area (Å²) in [4.78, 5) is 11.2. The van der Waals surface area contributed by atoms with Gasteiger partial charge in [0.2, 0.25) is 6.29 Å². The molecule has 1 amide bonds. The summed E-state index contributed by atoms with van der Waals surface area (Å²) in [5.41, 5.74) is 1.92. The Labute approximate surface area is 118 Å². The molecule has 2 rings (SSSR count). The molecule has 1 N–H and O–H groups in total. The van der Waals surface area contributed by atoms with Gasteiger partial charge in [0.05, 0.1) is 6.42 Å². The minimum atomic E-state index is -0.588. The molecular formula is C14H18ClNO3. The number of ether oxygens (including phenoxy) is 2. The van der Waals surface area contributed by atoms with Gasteiger partial charge in [-0.05, 0) is 17.5 Å². The molecule has 0 spiro atoms. The van der Waals surface area contributed by atoms with Crippen molar-refractivity contribution in [3.05, 3.63) is 28.3 Å². The molecule has 1 heterocycles. The first kappa shape index (κ1) is 14.0. The molecule has 5 heteroatoms. The first-order valence-electron chi connectivity index (χ1n) is 6.19. The maximum Gasteiger partial charge on any atom is 0.409 e. The smallest absolute Gasteiger partial charge is 0.409 e. The predicted molar refractivity (Wildman–Crippen MR) is 73.8 cm³/mol. The summed E-state index contributed by atoms with van der Waals surface area (Å²) in [7, 11) is 1.52. The number of hydrogen-bond donors (Lipinski definition) is 1. The number of amides is 1. The molecule has 1 aromatic carbocycles. The van der Waals surface area contributed by atoms with E-state index in [0.29, 0.717) is 11.4 Å². The SMILES string of the molecule is CNC(=O)OC1Cc2cc(Cl)cc(C(C)(C)C)c2O1. The standard InChI is InChI=1S/C14H18ClNO3/c1-14(2,3)10-7-9(15)5-8-6-11(18-12(8)10)19-13(17)16-4/h5,7,11H,6H2,1-4H3,(H,16,17). The van der Waals surface area contributed by atoms with Gasteiger partial charge in [-0.3, -0.25) is 0 Å². The normalized spacial score (nSPS) is 17.6. The van der Waals surface area contributed by atoms with Crippen LogP contribution in [0.1, 0.15) is 31.9 Å². The second kappa shape index (κ2) is 4.93. The van der Waals surface area contributed by atoms with E-state index in [2.05, 4.69) is 26.1 Å². The maximum absolute atomic E-state index is 11.2. The topological polar surface area (TPSA) is 47.6 Å². The predicted octanol–water partition coefficient (Wildman–Crippen LogP) is 3.25. The van der Waals surface area contributed by atoms with Crippen LogP contribution in [0.5, 0.6) is 5.75 Å². The first-order valence-corrected chi connectivity index (χ1v) is 6.57. The van der Waals surface area contributed by atoms with E-state index in [-0.39, 0.29) is 5.41 Å². The van der Waals surface area contributed by atoms with Gasteiger partial charge in [0.25, 0.3) is 0 Å². The number of halogens is 1. The van der Waals surface area contributed by atoms with Crippen molar-refractivity contribution in [1.82, 2.24) is 5.32 Å². The largest absolute Gasteiger partial charge is 0.454 e. The third kappa shape index (κ3) is 2.95. The van der Waals surface area contributed by atoms with Crippen LogP contribution in [-0.4, -0.2) is 19.4 Å². The highest BCUT2D eigenvalue weighted by Gasteiger charge is 2.32. The highest BCUT2D eigenvalue weighted by atomic mass is 35.5. The van der Waals surface area contributed by atoms with Gasteiger partial charge >= 0.3 is 6.09 Å². The first-order chi connectivity index (χ1) is 8.81. The van der Waals surface area contributed by atoms with Crippen molar-refractivity contribution >= 4 is 17.7 Å². The lowest BCUT2D eigenvalue weighted by molar-refractivity contribution is -0.0163. The number of carbonyl (C=O) groups is 1. The van der Waals surface area contributed by atoms with Crippen LogP contribution in [0.25, 0.3) is 0 Å². The van der Waals surface area contributed by atoms with E-state index < -0.39 is 12.4 Å². The Morgan fingerprint density at radius 1 is 1.47 bits per heavy atom. The monoisotopic (exact) mass is 283 g/mol. The zero-order chi connectivity index (χ0) is 14.2. The third-order valence-corrected chi connectivity index (χ3v) is 3.24. The van der Waals surface area contributed by atoms with Crippen molar-refractivity contribution < 1.29 is 14.3 Å². The van der Waals surface area contributed by atoms with E-state index >= 15 is 0 Å². The molecule has 0 saturated carbocycles. The number of alkyl carbamates (subject to hydrolysis) is 1. The van der Waals surface area contributed by atoms with Crippen LogP contribution in [0.4, 0.5) is 4.79 Å². The van der Waals surface area contributed by atoms with Gasteiger partial charge in [-0.1, -0.05) is 32.4 Å². The lowest BCUT2D eigenvalue weighted by Crippen LogP contribution is -2.28. The minimum absolute atomic E-state index is 0.0864. The average Bonchev–Trinajstić information content (AvgIpc) is 2.68. The Kier molecular flexibility index (Phi) is 3.63. The lowest BCUT2D eigenvalue weighted by Gasteiger charge is -2.22. The summed E-state index contributed by atoms with van der Waals surface area (Å²) in [5.74, 6) is 0.783. The molecular weight excluding hydrogens is 266 g/mol. The Balaban J connectivity index is 2.30. The van der Waals surface area contributed by atoms with Crippen LogP contribution in [-0.2, 0) is 16.6 Å². The van der Waals surface area contributed by atoms with Crippen molar-refractivity contribution in [1.29, 1.82) is 0 Å². The van der Waals surface area contributed by atoms with Gasteiger partial charge in [0.1, 0.15) is 5.75 Å². The summed E-state index contributed by atoms with van der Waals surface area (Å²) in [6.45, 7) is 6.28. The van der Waals surface area contributed by atoms with E-state index in [1.165, 1.54) is 7.05 Å². The number of rotatable bonds is 1. The van der Waals surface area contributed by atoms with Gasteiger partial charge in [-0.15, -0.1) is 0 Å². The van der Waals surface area contributed by atoms with Crippen molar-refractivity contribution in [2.24, 2.45) is 0 Å². The minimum Gasteiger partial charge on any atom is -0.454 e. The lowest BCUT2D eigenvalue weighted by atomic mass is 9.85. The summed E-state index contributed by atoms with van der Waals surface area (Å²) in [6, 6.07) is 3.77. The molecule has 0 aliphatic carbocycles. The van der Waals surface area contributed by atoms with Gasteiger partial charge in [-0.25, -0.2) is 4.79 Å².